The maximum Gasteiger partial charge on any atom is 0.269 e. The molecule has 0 fully saturated rings. The van der Waals surface area contributed by atoms with E-state index in [0.29, 0.717) is 0 Å². The van der Waals surface area contributed by atoms with Crippen LogP contribution in [0, 0.1) is 17.0 Å². The molecule has 0 spiro atoms. The van der Waals surface area contributed by atoms with Crippen LogP contribution in [0.3, 0.4) is 0 Å². The van der Waals surface area contributed by atoms with Gasteiger partial charge < -0.3 is 9.47 Å². The SMILES string of the molecule is Cc1ccc(-c2ccc([N+](=O)[O-])cc2)n1-c1ccc(N(C)C)cc1. The largest absolute Gasteiger partial charge is 0.378 e. The average molecular weight is 321 g/mol. The second-order valence-corrected chi connectivity index (χ2v) is 5.91. The fourth-order valence-corrected chi connectivity index (χ4v) is 2.76. The summed E-state index contributed by atoms with van der Waals surface area (Å²) in [4.78, 5) is 12.5. The first-order chi connectivity index (χ1) is 11.5. The Hall–Kier alpha value is -3.08. The van der Waals surface area contributed by atoms with Crippen LogP contribution in [-0.2, 0) is 0 Å². The molecule has 24 heavy (non-hydrogen) atoms. The van der Waals surface area contributed by atoms with E-state index in [9.17, 15) is 10.1 Å². The van der Waals surface area contributed by atoms with Crippen molar-refractivity contribution in [3.05, 3.63) is 76.5 Å². The Kier molecular flexibility index (Phi) is 4.08. The number of aromatic nitrogens is 1. The van der Waals surface area contributed by atoms with Gasteiger partial charge in [-0.3, -0.25) is 10.1 Å². The van der Waals surface area contributed by atoms with Crippen LogP contribution < -0.4 is 4.90 Å². The molecule has 0 aliphatic rings. The van der Waals surface area contributed by atoms with Crippen molar-refractivity contribution >= 4 is 11.4 Å². The maximum atomic E-state index is 10.8. The topological polar surface area (TPSA) is 51.3 Å². The third kappa shape index (κ3) is 2.88. The van der Waals surface area contributed by atoms with Gasteiger partial charge in [0.15, 0.2) is 0 Å². The lowest BCUT2D eigenvalue weighted by molar-refractivity contribution is -0.384. The van der Waals surface area contributed by atoms with Gasteiger partial charge >= 0.3 is 0 Å². The smallest absolute Gasteiger partial charge is 0.269 e. The van der Waals surface area contributed by atoms with Crippen molar-refractivity contribution in [1.82, 2.24) is 4.57 Å². The summed E-state index contributed by atoms with van der Waals surface area (Å²) >= 11 is 0. The van der Waals surface area contributed by atoms with E-state index in [1.165, 1.54) is 12.1 Å². The lowest BCUT2D eigenvalue weighted by atomic mass is 10.1. The summed E-state index contributed by atoms with van der Waals surface area (Å²) in [6, 6.07) is 19.1. The summed E-state index contributed by atoms with van der Waals surface area (Å²) in [5.74, 6) is 0. The lowest BCUT2D eigenvalue weighted by Gasteiger charge is -2.15. The molecule has 0 radical (unpaired) electrons. The van der Waals surface area contributed by atoms with Gasteiger partial charge in [-0.25, -0.2) is 0 Å². The van der Waals surface area contributed by atoms with E-state index < -0.39 is 0 Å². The van der Waals surface area contributed by atoms with Crippen LogP contribution in [0.1, 0.15) is 5.69 Å². The van der Waals surface area contributed by atoms with E-state index in [0.717, 1.165) is 28.3 Å². The van der Waals surface area contributed by atoms with Crippen molar-refractivity contribution in [2.45, 2.75) is 6.92 Å². The predicted molar refractivity (Wildman–Crippen MR) is 96.9 cm³/mol. The van der Waals surface area contributed by atoms with Gasteiger partial charge in [-0.1, -0.05) is 0 Å². The Bertz CT molecular complexity index is 863. The van der Waals surface area contributed by atoms with Gasteiger partial charge in [-0.05, 0) is 61.0 Å². The van der Waals surface area contributed by atoms with Crippen LogP contribution in [0.5, 0.6) is 0 Å². The number of anilines is 1. The lowest BCUT2D eigenvalue weighted by Crippen LogP contribution is -2.08. The summed E-state index contributed by atoms with van der Waals surface area (Å²) in [7, 11) is 4.02. The van der Waals surface area contributed by atoms with E-state index >= 15 is 0 Å². The zero-order chi connectivity index (χ0) is 17.3. The Morgan fingerprint density at radius 2 is 1.54 bits per heavy atom. The second-order valence-electron chi connectivity index (χ2n) is 5.91. The summed E-state index contributed by atoms with van der Waals surface area (Å²) < 4.78 is 2.15. The summed E-state index contributed by atoms with van der Waals surface area (Å²) in [5.41, 5.74) is 5.38. The molecule has 0 saturated carbocycles. The molecule has 3 aromatic rings. The second kappa shape index (κ2) is 6.20. The third-order valence-electron chi connectivity index (χ3n) is 4.07. The Morgan fingerprint density at radius 1 is 0.917 bits per heavy atom. The quantitative estimate of drug-likeness (QED) is 0.528. The molecule has 1 aromatic heterocycles. The van der Waals surface area contributed by atoms with Crippen LogP contribution in [0.2, 0.25) is 0 Å². The van der Waals surface area contributed by atoms with Crippen molar-refractivity contribution in [2.24, 2.45) is 0 Å². The van der Waals surface area contributed by atoms with Crippen molar-refractivity contribution < 1.29 is 4.92 Å². The van der Waals surface area contributed by atoms with Crippen LogP contribution in [0.25, 0.3) is 16.9 Å². The first kappa shape index (κ1) is 15.8. The molecule has 1 heterocycles. The molecule has 0 saturated heterocycles. The molecular formula is C19H19N3O2. The van der Waals surface area contributed by atoms with Crippen LogP contribution in [0.15, 0.2) is 60.7 Å². The van der Waals surface area contributed by atoms with Gasteiger partial charge in [0.05, 0.1) is 10.6 Å². The first-order valence-electron chi connectivity index (χ1n) is 7.68. The molecule has 0 aliphatic heterocycles. The number of rotatable bonds is 4. The zero-order valence-electron chi connectivity index (χ0n) is 13.9. The number of aryl methyl sites for hydroxylation is 1. The molecule has 0 atom stereocenters. The molecular weight excluding hydrogens is 302 g/mol. The van der Waals surface area contributed by atoms with E-state index in [4.69, 9.17) is 0 Å². The summed E-state index contributed by atoms with van der Waals surface area (Å²) in [6.45, 7) is 2.05. The number of non-ortho nitro benzene ring substituents is 1. The number of nitrogens with zero attached hydrogens (tertiary/aromatic N) is 3. The molecule has 0 N–H and O–H groups in total. The Balaban J connectivity index is 2.04. The fourth-order valence-electron chi connectivity index (χ4n) is 2.76. The Labute approximate surface area is 140 Å². The van der Waals surface area contributed by atoms with Gasteiger partial charge in [0.1, 0.15) is 0 Å². The molecule has 5 nitrogen and oxygen atoms in total. The summed E-state index contributed by atoms with van der Waals surface area (Å²) in [6.07, 6.45) is 0. The highest BCUT2D eigenvalue weighted by atomic mass is 16.6. The van der Waals surface area contributed by atoms with E-state index in [1.54, 1.807) is 12.1 Å². The molecule has 0 bridgehead atoms. The molecule has 0 amide bonds. The van der Waals surface area contributed by atoms with Gasteiger partial charge in [0.25, 0.3) is 5.69 Å². The minimum Gasteiger partial charge on any atom is -0.378 e. The first-order valence-corrected chi connectivity index (χ1v) is 7.68. The minimum absolute atomic E-state index is 0.101. The van der Waals surface area contributed by atoms with Crippen molar-refractivity contribution in [1.29, 1.82) is 0 Å². The molecule has 2 aromatic carbocycles. The monoisotopic (exact) mass is 321 g/mol. The highest BCUT2D eigenvalue weighted by Crippen LogP contribution is 2.28. The van der Waals surface area contributed by atoms with E-state index in [2.05, 4.69) is 46.7 Å². The van der Waals surface area contributed by atoms with Crippen LogP contribution in [0.4, 0.5) is 11.4 Å². The highest BCUT2D eigenvalue weighted by molar-refractivity contribution is 5.66. The number of hydrogen-bond donors (Lipinski definition) is 0. The molecule has 122 valence electrons. The van der Waals surface area contributed by atoms with Crippen molar-refractivity contribution in [3.8, 4) is 16.9 Å². The highest BCUT2D eigenvalue weighted by Gasteiger charge is 2.11. The van der Waals surface area contributed by atoms with E-state index in [1.807, 2.05) is 20.2 Å². The Morgan fingerprint density at radius 3 is 2.08 bits per heavy atom. The number of benzene rings is 2. The normalized spacial score (nSPS) is 10.6. The standard InChI is InChI=1S/C19H19N3O2/c1-14-4-13-19(15-5-7-18(8-6-15)22(23)24)21(14)17-11-9-16(10-12-17)20(2)3/h4-13H,1-3H3. The molecule has 5 heteroatoms. The van der Waals surface area contributed by atoms with Gasteiger partial charge in [0.2, 0.25) is 0 Å². The maximum absolute atomic E-state index is 10.8. The summed E-state index contributed by atoms with van der Waals surface area (Å²) in [5, 5.41) is 10.8. The number of hydrogen-bond acceptors (Lipinski definition) is 3. The third-order valence-corrected chi connectivity index (χ3v) is 4.07. The average Bonchev–Trinajstić information content (AvgIpc) is 2.96. The van der Waals surface area contributed by atoms with Gasteiger partial charge in [-0.15, -0.1) is 0 Å². The van der Waals surface area contributed by atoms with Crippen LogP contribution in [-0.4, -0.2) is 23.6 Å². The molecule has 0 aliphatic carbocycles. The van der Waals surface area contributed by atoms with E-state index in [-0.39, 0.29) is 10.6 Å². The number of nitro groups is 1. The number of nitro benzene ring substituents is 1. The van der Waals surface area contributed by atoms with Gasteiger partial charge in [0, 0.05) is 43.3 Å². The fraction of sp³-hybridized carbons (Fsp3) is 0.158. The predicted octanol–water partition coefficient (Wildman–Crippen LogP) is 4.43. The van der Waals surface area contributed by atoms with Crippen molar-refractivity contribution in [3.63, 3.8) is 0 Å². The minimum atomic E-state index is -0.381. The van der Waals surface area contributed by atoms with Crippen LogP contribution >= 0.6 is 0 Å². The van der Waals surface area contributed by atoms with Crippen molar-refractivity contribution in [2.75, 3.05) is 19.0 Å². The molecule has 3 rings (SSSR count). The van der Waals surface area contributed by atoms with Gasteiger partial charge in [-0.2, -0.15) is 0 Å². The zero-order valence-corrected chi connectivity index (χ0v) is 13.9. The molecule has 0 unspecified atom stereocenters.